The molecule has 162 valence electrons. The molecule has 2 aromatic rings. The second kappa shape index (κ2) is 10.6. The maximum absolute atomic E-state index is 12.3. The van der Waals surface area contributed by atoms with E-state index in [1.165, 1.54) is 32.2 Å². The molecular weight excluding hydrogens is 472 g/mol. The fourth-order valence-electron chi connectivity index (χ4n) is 2.89. The number of sulfone groups is 1. The molecule has 0 aliphatic rings. The van der Waals surface area contributed by atoms with E-state index in [0.29, 0.717) is 24.1 Å². The Morgan fingerprint density at radius 1 is 1.13 bits per heavy atom. The number of amides is 2. The third-order valence-corrected chi connectivity index (χ3v) is 6.93. The molecule has 0 spiro atoms. The van der Waals surface area contributed by atoms with Gasteiger partial charge in [0.15, 0.2) is 9.84 Å². The van der Waals surface area contributed by atoms with Crippen molar-refractivity contribution < 1.29 is 23.1 Å². The number of aryl methyl sites for hydroxylation is 1. The molecule has 0 atom stereocenters. The fraction of sp³-hybridized carbons (Fsp3) is 0.333. The number of halogens is 1. The van der Waals surface area contributed by atoms with E-state index < -0.39 is 15.9 Å². The van der Waals surface area contributed by atoms with Crippen LogP contribution in [0.2, 0.25) is 0 Å². The highest BCUT2D eigenvalue weighted by molar-refractivity contribution is 9.10. The minimum Gasteiger partial charge on any atom is -0.465 e. The fourth-order valence-corrected chi connectivity index (χ4v) is 4.26. The molecule has 0 aliphatic heterocycles. The number of anilines is 1. The summed E-state index contributed by atoms with van der Waals surface area (Å²) in [5.41, 5.74) is 1.90. The van der Waals surface area contributed by atoms with Gasteiger partial charge in [0.25, 0.3) is 0 Å². The zero-order valence-electron chi connectivity index (χ0n) is 16.9. The Morgan fingerprint density at radius 3 is 2.40 bits per heavy atom. The van der Waals surface area contributed by atoms with Crippen molar-refractivity contribution in [3.8, 4) is 0 Å². The molecule has 0 saturated heterocycles. The zero-order valence-corrected chi connectivity index (χ0v) is 19.3. The van der Waals surface area contributed by atoms with Crippen molar-refractivity contribution in [2.45, 2.75) is 37.6 Å². The summed E-state index contributed by atoms with van der Waals surface area (Å²) in [5, 5.41) is 11.9. The number of benzene rings is 2. The molecule has 0 bridgehead atoms. The van der Waals surface area contributed by atoms with Gasteiger partial charge in [-0.3, -0.25) is 4.79 Å². The highest BCUT2D eigenvalue weighted by Crippen LogP contribution is 2.23. The number of carboxylic acid groups (broad SMARTS) is 1. The van der Waals surface area contributed by atoms with Crippen molar-refractivity contribution in [1.29, 1.82) is 0 Å². The van der Waals surface area contributed by atoms with E-state index >= 15 is 0 Å². The van der Waals surface area contributed by atoms with Crippen LogP contribution >= 0.6 is 15.9 Å². The first-order chi connectivity index (χ1) is 14.1. The van der Waals surface area contributed by atoms with Crippen LogP contribution in [0, 0.1) is 0 Å². The summed E-state index contributed by atoms with van der Waals surface area (Å²) in [6, 6.07) is 12.4. The summed E-state index contributed by atoms with van der Waals surface area (Å²) < 4.78 is 25.7. The molecule has 2 amide bonds. The van der Waals surface area contributed by atoms with Gasteiger partial charge in [-0.25, -0.2) is 13.2 Å². The standard InChI is InChI=1S/C21H25BrN2O5S/c1-3-30(28,29)19-12-11-18(13-16(19)14-24(2)21(26)27)23-20(25)6-4-5-15-7-9-17(22)10-8-15/h7-13H,3-6,14H2,1-2H3,(H,23,25)(H,26,27). The average Bonchev–Trinajstić information content (AvgIpc) is 2.69. The smallest absolute Gasteiger partial charge is 0.407 e. The van der Waals surface area contributed by atoms with Gasteiger partial charge in [-0.05, 0) is 54.3 Å². The second-order valence-corrected chi connectivity index (χ2v) is 10.1. The number of carbonyl (C=O) groups excluding carboxylic acids is 1. The number of nitrogens with one attached hydrogen (secondary N) is 1. The van der Waals surface area contributed by atoms with E-state index in [9.17, 15) is 18.0 Å². The van der Waals surface area contributed by atoms with Crippen LogP contribution in [0.5, 0.6) is 0 Å². The van der Waals surface area contributed by atoms with Crippen molar-refractivity contribution in [1.82, 2.24) is 4.90 Å². The van der Waals surface area contributed by atoms with E-state index in [1.807, 2.05) is 24.3 Å². The van der Waals surface area contributed by atoms with Crippen LogP contribution in [0.3, 0.4) is 0 Å². The summed E-state index contributed by atoms with van der Waals surface area (Å²) in [6.45, 7) is 1.43. The number of nitrogens with zero attached hydrogens (tertiary/aromatic N) is 1. The molecule has 2 N–H and O–H groups in total. The number of hydrogen-bond acceptors (Lipinski definition) is 4. The predicted molar refractivity (Wildman–Crippen MR) is 119 cm³/mol. The van der Waals surface area contributed by atoms with Crippen LogP contribution < -0.4 is 5.32 Å². The van der Waals surface area contributed by atoms with Crippen molar-refractivity contribution >= 4 is 43.5 Å². The lowest BCUT2D eigenvalue weighted by Gasteiger charge is -2.17. The lowest BCUT2D eigenvalue weighted by atomic mass is 10.1. The van der Waals surface area contributed by atoms with Crippen LogP contribution in [-0.2, 0) is 27.6 Å². The van der Waals surface area contributed by atoms with E-state index in [1.54, 1.807) is 0 Å². The Bertz CT molecular complexity index is 1010. The maximum atomic E-state index is 12.3. The third-order valence-electron chi connectivity index (χ3n) is 4.58. The number of hydrogen-bond donors (Lipinski definition) is 2. The minimum absolute atomic E-state index is 0.0753. The van der Waals surface area contributed by atoms with Crippen LogP contribution in [-0.4, -0.2) is 43.2 Å². The minimum atomic E-state index is -3.53. The zero-order chi connectivity index (χ0) is 22.3. The molecular formula is C21H25BrN2O5S. The summed E-state index contributed by atoms with van der Waals surface area (Å²) >= 11 is 3.39. The molecule has 0 radical (unpaired) electrons. The SMILES string of the molecule is CCS(=O)(=O)c1ccc(NC(=O)CCCc2ccc(Br)cc2)cc1CN(C)C(=O)O. The molecule has 2 aromatic carbocycles. The van der Waals surface area contributed by atoms with Crippen molar-refractivity contribution in [2.24, 2.45) is 0 Å². The van der Waals surface area contributed by atoms with Gasteiger partial charge >= 0.3 is 6.09 Å². The van der Waals surface area contributed by atoms with Gasteiger partial charge < -0.3 is 15.3 Å². The quantitative estimate of drug-likeness (QED) is 0.537. The lowest BCUT2D eigenvalue weighted by Crippen LogP contribution is -2.25. The highest BCUT2D eigenvalue weighted by atomic mass is 79.9. The largest absolute Gasteiger partial charge is 0.465 e. The van der Waals surface area contributed by atoms with Crippen LogP contribution in [0.1, 0.15) is 30.9 Å². The Labute approximate surface area is 185 Å². The monoisotopic (exact) mass is 496 g/mol. The molecule has 0 saturated carbocycles. The van der Waals surface area contributed by atoms with Gasteiger partial charge in [-0.1, -0.05) is 35.0 Å². The molecule has 0 aromatic heterocycles. The molecule has 0 fully saturated rings. The van der Waals surface area contributed by atoms with E-state index in [4.69, 9.17) is 5.11 Å². The van der Waals surface area contributed by atoms with Crippen molar-refractivity contribution in [2.75, 3.05) is 18.1 Å². The third kappa shape index (κ3) is 6.84. The van der Waals surface area contributed by atoms with Gasteiger partial charge in [0, 0.05) is 23.6 Å². The van der Waals surface area contributed by atoms with Gasteiger partial charge in [0.2, 0.25) is 5.91 Å². The van der Waals surface area contributed by atoms with Gasteiger partial charge in [-0.15, -0.1) is 0 Å². The predicted octanol–water partition coefficient (Wildman–Crippen LogP) is 4.31. The molecule has 2 rings (SSSR count). The Morgan fingerprint density at radius 2 is 1.80 bits per heavy atom. The maximum Gasteiger partial charge on any atom is 0.407 e. The Kier molecular flexibility index (Phi) is 8.43. The number of carbonyl (C=O) groups is 2. The van der Waals surface area contributed by atoms with Gasteiger partial charge in [-0.2, -0.15) is 0 Å². The molecule has 0 heterocycles. The topological polar surface area (TPSA) is 104 Å². The Balaban J connectivity index is 2.07. The summed E-state index contributed by atoms with van der Waals surface area (Å²) in [7, 11) is -2.17. The highest BCUT2D eigenvalue weighted by Gasteiger charge is 2.20. The lowest BCUT2D eigenvalue weighted by molar-refractivity contribution is -0.116. The summed E-state index contributed by atoms with van der Waals surface area (Å²) in [4.78, 5) is 24.5. The average molecular weight is 497 g/mol. The first-order valence-electron chi connectivity index (χ1n) is 9.46. The molecule has 30 heavy (non-hydrogen) atoms. The Hall–Kier alpha value is -2.39. The van der Waals surface area contributed by atoms with Crippen LogP contribution in [0.15, 0.2) is 51.8 Å². The number of rotatable bonds is 9. The van der Waals surface area contributed by atoms with Crippen molar-refractivity contribution in [3.05, 3.63) is 58.1 Å². The van der Waals surface area contributed by atoms with Crippen LogP contribution in [0.4, 0.5) is 10.5 Å². The summed E-state index contributed by atoms with van der Waals surface area (Å²) in [6.07, 6.45) is 0.584. The molecule has 0 aliphatic carbocycles. The van der Waals surface area contributed by atoms with Gasteiger partial charge in [0.05, 0.1) is 17.2 Å². The second-order valence-electron chi connectivity index (χ2n) is 6.89. The van der Waals surface area contributed by atoms with Gasteiger partial charge in [0.1, 0.15) is 0 Å². The summed E-state index contributed by atoms with van der Waals surface area (Å²) in [5.74, 6) is -0.283. The van der Waals surface area contributed by atoms with E-state index in [-0.39, 0.29) is 23.1 Å². The first kappa shape index (κ1) is 23.9. The van der Waals surface area contributed by atoms with Crippen molar-refractivity contribution in [3.63, 3.8) is 0 Å². The molecule has 0 unspecified atom stereocenters. The normalized spacial score (nSPS) is 11.2. The van der Waals surface area contributed by atoms with E-state index in [2.05, 4.69) is 21.2 Å². The molecule has 9 heteroatoms. The van der Waals surface area contributed by atoms with E-state index in [0.717, 1.165) is 21.4 Å². The molecule has 7 nitrogen and oxygen atoms in total. The first-order valence-corrected chi connectivity index (χ1v) is 11.9. The van der Waals surface area contributed by atoms with Crippen LogP contribution in [0.25, 0.3) is 0 Å².